The molecule has 1 aliphatic heterocycles. The van der Waals surface area contributed by atoms with Crippen LogP contribution in [0.1, 0.15) is 139 Å². The van der Waals surface area contributed by atoms with Crippen molar-refractivity contribution in [2.24, 2.45) is 5.92 Å². The van der Waals surface area contributed by atoms with Crippen LogP contribution in [0.2, 0.25) is 0 Å². The predicted molar refractivity (Wildman–Crippen MR) is 204 cm³/mol. The van der Waals surface area contributed by atoms with Crippen LogP contribution in [0.5, 0.6) is 0 Å². The Hall–Kier alpha value is -4.32. The van der Waals surface area contributed by atoms with Crippen LogP contribution in [0.25, 0.3) is 0 Å². The van der Waals surface area contributed by atoms with Gasteiger partial charge in [0.1, 0.15) is 6.10 Å². The molecule has 11 atom stereocenters. The van der Waals surface area contributed by atoms with Crippen LogP contribution in [0.3, 0.4) is 0 Å². The van der Waals surface area contributed by atoms with Gasteiger partial charge in [0, 0.05) is 54.9 Å². The summed E-state index contributed by atoms with van der Waals surface area (Å²) in [7, 11) is 0. The molecule has 1 unspecified atom stereocenters. The zero-order valence-electron chi connectivity index (χ0n) is 35.9. The Morgan fingerprint density at radius 3 is 1.29 bits per heavy atom. The summed E-state index contributed by atoms with van der Waals surface area (Å²) < 4.78 is 56.6. The standard InChI is InChI=1S/C41H64O18/c1-10-11-16-19-23(2)20-17-14-12-13-15-18-21-32(49)58-38-36(55-28(7)46)34(53-26(5)44)35(54-27(6)45)37(56-29(8)47)39(38)59-41-40(57-30(9)48)33(52-25(4)43)31(22-50-41)51-24(3)42/h23,31,33-41H,10-22H2,1-9H3/t23?,31-,33+,34+,35+,36-,37-,38-,39+,40+,41+/m1/s1. The molecule has 1 heterocycles. The average molecular weight is 845 g/mol. The first-order valence-electron chi connectivity index (χ1n) is 20.5. The number of rotatable bonds is 23. The third-order valence-electron chi connectivity index (χ3n) is 9.64. The van der Waals surface area contributed by atoms with Gasteiger partial charge in [-0.2, -0.15) is 0 Å². The lowest BCUT2D eigenvalue weighted by atomic mass is 9.83. The molecule has 1 saturated heterocycles. The van der Waals surface area contributed by atoms with Crippen molar-refractivity contribution >= 4 is 47.8 Å². The van der Waals surface area contributed by atoms with Gasteiger partial charge in [-0.1, -0.05) is 78.1 Å². The minimum atomic E-state index is -1.78. The van der Waals surface area contributed by atoms with Gasteiger partial charge in [-0.15, -0.1) is 0 Å². The summed E-state index contributed by atoms with van der Waals surface area (Å²) in [6, 6.07) is 0. The van der Waals surface area contributed by atoms with Crippen molar-refractivity contribution in [1.82, 2.24) is 0 Å². The number of esters is 8. The number of unbranched alkanes of at least 4 members (excludes halogenated alkanes) is 7. The molecule has 0 aromatic carbocycles. The smallest absolute Gasteiger partial charge is 0.306 e. The van der Waals surface area contributed by atoms with Crippen LogP contribution >= 0.6 is 0 Å². The second-order valence-corrected chi connectivity index (χ2v) is 15.1. The lowest BCUT2D eigenvalue weighted by Crippen LogP contribution is -2.70. The number of ether oxygens (including phenoxy) is 10. The summed E-state index contributed by atoms with van der Waals surface area (Å²) in [5.41, 5.74) is 0. The van der Waals surface area contributed by atoms with Gasteiger partial charge in [0.15, 0.2) is 55.1 Å². The van der Waals surface area contributed by atoms with E-state index in [2.05, 4.69) is 13.8 Å². The fraction of sp³-hybridized carbons (Fsp3) is 0.805. The number of hydrogen-bond acceptors (Lipinski definition) is 18. The normalized spacial score (nSPS) is 26.9. The molecule has 18 heteroatoms. The van der Waals surface area contributed by atoms with Crippen LogP contribution in [-0.2, 0) is 85.7 Å². The molecule has 2 rings (SSSR count). The van der Waals surface area contributed by atoms with Crippen LogP contribution in [0.4, 0.5) is 0 Å². The summed E-state index contributed by atoms with van der Waals surface area (Å²) in [5, 5.41) is 0. The second kappa shape index (κ2) is 26.0. The molecule has 0 N–H and O–H groups in total. The van der Waals surface area contributed by atoms with Gasteiger partial charge in [0.2, 0.25) is 0 Å². The Morgan fingerprint density at radius 2 is 0.831 bits per heavy atom. The summed E-state index contributed by atoms with van der Waals surface area (Å²) in [6.07, 6.45) is -5.46. The van der Waals surface area contributed by atoms with Gasteiger partial charge >= 0.3 is 47.8 Å². The van der Waals surface area contributed by atoms with Crippen molar-refractivity contribution in [3.8, 4) is 0 Å². The first-order chi connectivity index (χ1) is 27.8. The van der Waals surface area contributed by atoms with Crippen molar-refractivity contribution in [2.75, 3.05) is 6.61 Å². The first-order valence-corrected chi connectivity index (χ1v) is 20.5. The van der Waals surface area contributed by atoms with Gasteiger partial charge in [0.05, 0.1) is 6.61 Å². The fourth-order valence-electron chi connectivity index (χ4n) is 7.26. The van der Waals surface area contributed by atoms with E-state index in [1.54, 1.807) is 0 Å². The van der Waals surface area contributed by atoms with E-state index in [0.717, 1.165) is 74.1 Å². The quantitative estimate of drug-likeness (QED) is 0.0782. The van der Waals surface area contributed by atoms with Crippen molar-refractivity contribution in [1.29, 1.82) is 0 Å². The second-order valence-electron chi connectivity index (χ2n) is 15.1. The topological polar surface area (TPSA) is 229 Å². The van der Waals surface area contributed by atoms with Gasteiger partial charge in [-0.3, -0.25) is 38.4 Å². The Balaban J connectivity index is 2.50. The molecule has 0 bridgehead atoms. The molecule has 59 heavy (non-hydrogen) atoms. The van der Waals surface area contributed by atoms with Crippen molar-refractivity contribution in [3.05, 3.63) is 0 Å². The molecule has 2 aliphatic rings. The van der Waals surface area contributed by atoms with Crippen LogP contribution in [0, 0.1) is 5.92 Å². The first kappa shape index (κ1) is 50.8. The maximum absolute atomic E-state index is 13.6. The Kier molecular flexibility index (Phi) is 22.4. The minimum Gasteiger partial charge on any atom is -0.456 e. The van der Waals surface area contributed by atoms with Crippen LogP contribution in [-0.4, -0.2) is 116 Å². The van der Waals surface area contributed by atoms with Crippen LogP contribution < -0.4 is 0 Å². The highest BCUT2D eigenvalue weighted by Gasteiger charge is 2.61. The van der Waals surface area contributed by atoms with E-state index in [4.69, 9.17) is 47.4 Å². The van der Waals surface area contributed by atoms with E-state index in [1.165, 1.54) is 32.1 Å². The number of carbonyl (C=O) groups is 8. The van der Waals surface area contributed by atoms with E-state index in [9.17, 15) is 38.4 Å². The molecule has 2 fully saturated rings. The van der Waals surface area contributed by atoms with Crippen LogP contribution in [0.15, 0.2) is 0 Å². The maximum atomic E-state index is 13.6. The molecule has 0 aromatic rings. The highest BCUT2D eigenvalue weighted by atomic mass is 16.7. The molecule has 0 aromatic heterocycles. The molecule has 0 spiro atoms. The molecule has 0 amide bonds. The molecule has 336 valence electrons. The summed E-state index contributed by atoms with van der Waals surface area (Å²) in [6.45, 7) is 11.3. The maximum Gasteiger partial charge on any atom is 0.306 e. The van der Waals surface area contributed by atoms with Crippen molar-refractivity contribution < 1.29 is 85.7 Å². The summed E-state index contributed by atoms with van der Waals surface area (Å²) in [5.74, 6) is -6.37. The van der Waals surface area contributed by atoms with Gasteiger partial charge in [0.25, 0.3) is 0 Å². The summed E-state index contributed by atoms with van der Waals surface area (Å²) >= 11 is 0. The molecule has 1 aliphatic carbocycles. The molecule has 0 radical (unpaired) electrons. The monoisotopic (exact) mass is 844 g/mol. The van der Waals surface area contributed by atoms with Gasteiger partial charge in [-0.05, 0) is 12.3 Å². The summed E-state index contributed by atoms with van der Waals surface area (Å²) in [4.78, 5) is 100. The molecular weight excluding hydrogens is 780 g/mol. The highest BCUT2D eigenvalue weighted by Crippen LogP contribution is 2.37. The zero-order valence-corrected chi connectivity index (χ0v) is 35.9. The fourth-order valence-corrected chi connectivity index (χ4v) is 7.26. The number of hydrogen-bond donors (Lipinski definition) is 0. The lowest BCUT2D eigenvalue weighted by molar-refractivity contribution is -0.326. The minimum absolute atomic E-state index is 0.0943. The number of carbonyl (C=O) groups excluding carboxylic acids is 8. The largest absolute Gasteiger partial charge is 0.456 e. The van der Waals surface area contributed by atoms with Gasteiger partial charge < -0.3 is 47.4 Å². The zero-order chi connectivity index (χ0) is 44.2. The van der Waals surface area contributed by atoms with Crippen molar-refractivity contribution in [3.63, 3.8) is 0 Å². The SMILES string of the molecule is CCCCCC(C)CCCCCCCCC(=O)O[C@@H]1[C@H](OC(C)=O)[C@@H](OC(C)=O)[C@H](OC(C)=O)[C@@H](OC(C)=O)[C@@H]1O[C@@H]1OC[C@@H](OC(C)=O)[C@H](OC(C)=O)[C@@H]1OC(C)=O. The van der Waals surface area contributed by atoms with Gasteiger partial charge in [-0.25, -0.2) is 0 Å². The third kappa shape index (κ3) is 18.2. The Bertz CT molecular complexity index is 1410. The van der Waals surface area contributed by atoms with E-state index >= 15 is 0 Å². The van der Waals surface area contributed by atoms with E-state index in [1.807, 2.05) is 0 Å². The highest BCUT2D eigenvalue weighted by molar-refractivity contribution is 5.71. The van der Waals surface area contributed by atoms with E-state index in [0.29, 0.717) is 18.8 Å². The van der Waals surface area contributed by atoms with Crippen molar-refractivity contribution in [2.45, 2.75) is 201 Å². The average Bonchev–Trinajstić information content (AvgIpc) is 3.11. The molecule has 1 saturated carbocycles. The van der Waals surface area contributed by atoms with E-state index in [-0.39, 0.29) is 6.42 Å². The third-order valence-corrected chi connectivity index (χ3v) is 9.64. The molecular formula is C41H64O18. The Morgan fingerprint density at radius 1 is 0.458 bits per heavy atom. The Labute approximate surface area is 346 Å². The van der Waals surface area contributed by atoms with E-state index < -0.39 is 116 Å². The molecule has 18 nitrogen and oxygen atoms in total. The predicted octanol–water partition coefficient (Wildman–Crippen LogP) is 4.51. The lowest BCUT2D eigenvalue weighted by Gasteiger charge is -2.49.